The van der Waals surface area contributed by atoms with Gasteiger partial charge in [-0.15, -0.1) is 0 Å². The first-order valence-electron chi connectivity index (χ1n) is 5.11. The zero-order chi connectivity index (χ0) is 10.8. The number of hydrogen-bond acceptors (Lipinski definition) is 2. The summed E-state index contributed by atoms with van der Waals surface area (Å²) in [5, 5.41) is 3.48. The lowest BCUT2D eigenvalue weighted by Crippen LogP contribution is -2.49. The van der Waals surface area contributed by atoms with Crippen LogP contribution >= 0.6 is 11.6 Å². The van der Waals surface area contributed by atoms with Crippen molar-refractivity contribution in [3.05, 3.63) is 29.0 Å². The van der Waals surface area contributed by atoms with Gasteiger partial charge in [-0.2, -0.15) is 0 Å². The second-order valence-corrected chi connectivity index (χ2v) is 4.25. The molecule has 1 atom stereocenters. The largest absolute Gasteiger partial charge is 0.366 e. The molecule has 15 heavy (non-hydrogen) atoms. The molecule has 0 amide bonds. The van der Waals surface area contributed by atoms with Crippen molar-refractivity contribution in [3.63, 3.8) is 0 Å². The Bertz CT molecular complexity index is 356. The zero-order valence-corrected chi connectivity index (χ0v) is 9.39. The number of rotatable bonds is 1. The average molecular weight is 229 g/mol. The van der Waals surface area contributed by atoms with E-state index in [2.05, 4.69) is 17.1 Å². The predicted molar refractivity (Wildman–Crippen MR) is 61.1 cm³/mol. The molecule has 2 nitrogen and oxygen atoms in total. The highest BCUT2D eigenvalue weighted by molar-refractivity contribution is 6.30. The zero-order valence-electron chi connectivity index (χ0n) is 8.63. The highest BCUT2D eigenvalue weighted by Crippen LogP contribution is 2.23. The van der Waals surface area contributed by atoms with Crippen molar-refractivity contribution >= 4 is 17.3 Å². The van der Waals surface area contributed by atoms with Gasteiger partial charge in [-0.1, -0.05) is 11.6 Å². The van der Waals surface area contributed by atoms with E-state index in [1.165, 1.54) is 6.07 Å². The summed E-state index contributed by atoms with van der Waals surface area (Å²) in [7, 11) is 0. The second-order valence-electron chi connectivity index (χ2n) is 3.84. The molecule has 1 fully saturated rings. The van der Waals surface area contributed by atoms with Crippen LogP contribution in [0.5, 0.6) is 0 Å². The fourth-order valence-corrected chi connectivity index (χ4v) is 2.01. The third-order valence-corrected chi connectivity index (χ3v) is 3.04. The Morgan fingerprint density at radius 2 is 2.33 bits per heavy atom. The van der Waals surface area contributed by atoms with Crippen LogP contribution in [-0.2, 0) is 0 Å². The van der Waals surface area contributed by atoms with E-state index in [-0.39, 0.29) is 10.8 Å². The van der Waals surface area contributed by atoms with Gasteiger partial charge in [0, 0.05) is 31.4 Å². The monoisotopic (exact) mass is 228 g/mol. The Hall–Kier alpha value is -0.800. The van der Waals surface area contributed by atoms with Gasteiger partial charge in [0.15, 0.2) is 0 Å². The topological polar surface area (TPSA) is 15.3 Å². The number of hydrogen-bond donors (Lipinski definition) is 1. The smallest absolute Gasteiger partial charge is 0.143 e. The van der Waals surface area contributed by atoms with Crippen LogP contribution in [0.15, 0.2) is 18.2 Å². The lowest BCUT2D eigenvalue weighted by molar-refractivity contribution is 0.499. The van der Waals surface area contributed by atoms with Crippen LogP contribution < -0.4 is 10.2 Å². The lowest BCUT2D eigenvalue weighted by atomic mass is 10.2. The van der Waals surface area contributed by atoms with E-state index in [1.54, 1.807) is 6.07 Å². The predicted octanol–water partition coefficient (Wildman–Crippen LogP) is 2.28. The fourth-order valence-electron chi connectivity index (χ4n) is 1.89. The first-order chi connectivity index (χ1) is 7.18. The summed E-state index contributed by atoms with van der Waals surface area (Å²) in [4.78, 5) is 2.19. The Labute approximate surface area is 94.0 Å². The molecular weight excluding hydrogens is 215 g/mol. The summed E-state index contributed by atoms with van der Waals surface area (Å²) in [6.45, 7) is 4.90. The molecule has 1 aromatic carbocycles. The number of nitrogens with zero attached hydrogens (tertiary/aromatic N) is 1. The standard InChI is InChI=1S/C11H14ClFN2/c1-8-7-14-4-5-15(8)9-2-3-10(12)11(13)6-9/h2-3,6,8,14H,4-5,7H2,1H3/t8-/m1/s1. The molecule has 0 bridgehead atoms. The molecule has 0 aliphatic carbocycles. The Kier molecular flexibility index (Phi) is 3.12. The van der Waals surface area contributed by atoms with E-state index in [9.17, 15) is 4.39 Å². The van der Waals surface area contributed by atoms with E-state index in [0.717, 1.165) is 25.3 Å². The van der Waals surface area contributed by atoms with Crippen LogP contribution in [0.3, 0.4) is 0 Å². The van der Waals surface area contributed by atoms with Gasteiger partial charge in [-0.3, -0.25) is 0 Å². The van der Waals surface area contributed by atoms with Gasteiger partial charge in [0.25, 0.3) is 0 Å². The molecule has 0 saturated carbocycles. The summed E-state index contributed by atoms with van der Waals surface area (Å²) in [6.07, 6.45) is 0. The highest BCUT2D eigenvalue weighted by Gasteiger charge is 2.18. The number of piperazine rings is 1. The average Bonchev–Trinajstić information content (AvgIpc) is 2.23. The molecule has 2 rings (SSSR count). The van der Waals surface area contributed by atoms with Crippen molar-refractivity contribution in [2.24, 2.45) is 0 Å². The normalized spacial score (nSPS) is 21.8. The second kappa shape index (κ2) is 4.37. The van der Waals surface area contributed by atoms with Crippen molar-refractivity contribution in [2.45, 2.75) is 13.0 Å². The number of nitrogens with one attached hydrogen (secondary N) is 1. The van der Waals surface area contributed by atoms with E-state index in [4.69, 9.17) is 11.6 Å². The summed E-state index contributed by atoms with van der Waals surface area (Å²) < 4.78 is 13.3. The first-order valence-corrected chi connectivity index (χ1v) is 5.48. The molecule has 1 aliphatic rings. The molecule has 1 N–H and O–H groups in total. The lowest BCUT2D eigenvalue weighted by Gasteiger charge is -2.35. The third-order valence-electron chi connectivity index (χ3n) is 2.74. The van der Waals surface area contributed by atoms with Gasteiger partial charge in [-0.25, -0.2) is 4.39 Å². The van der Waals surface area contributed by atoms with Crippen LogP contribution in [0.1, 0.15) is 6.92 Å². The van der Waals surface area contributed by atoms with Crippen LogP contribution in [0.25, 0.3) is 0 Å². The minimum Gasteiger partial charge on any atom is -0.366 e. The van der Waals surface area contributed by atoms with Crippen LogP contribution in [0, 0.1) is 5.82 Å². The van der Waals surface area contributed by atoms with E-state index in [0.29, 0.717) is 6.04 Å². The first kappa shape index (κ1) is 10.7. The van der Waals surface area contributed by atoms with Crippen molar-refractivity contribution in [3.8, 4) is 0 Å². The van der Waals surface area contributed by atoms with Gasteiger partial charge in [0.1, 0.15) is 5.82 Å². The molecule has 0 spiro atoms. The maximum atomic E-state index is 13.3. The van der Waals surface area contributed by atoms with Crippen LogP contribution in [0.2, 0.25) is 5.02 Å². The van der Waals surface area contributed by atoms with Crippen LogP contribution in [-0.4, -0.2) is 25.7 Å². The van der Waals surface area contributed by atoms with Gasteiger partial charge in [0.2, 0.25) is 0 Å². The summed E-state index contributed by atoms with van der Waals surface area (Å²) in [5.41, 5.74) is 0.908. The SMILES string of the molecule is C[C@@H]1CNCCN1c1ccc(Cl)c(F)c1. The van der Waals surface area contributed by atoms with Crippen molar-refractivity contribution in [2.75, 3.05) is 24.5 Å². The number of halogens is 2. The summed E-state index contributed by atoms with van der Waals surface area (Å²) >= 11 is 5.65. The molecule has 82 valence electrons. The van der Waals surface area contributed by atoms with Crippen molar-refractivity contribution in [1.82, 2.24) is 5.32 Å². The molecule has 1 heterocycles. The van der Waals surface area contributed by atoms with E-state index < -0.39 is 0 Å². The Balaban J connectivity index is 2.24. The van der Waals surface area contributed by atoms with E-state index >= 15 is 0 Å². The third kappa shape index (κ3) is 2.24. The summed E-state index contributed by atoms with van der Waals surface area (Å²) in [5.74, 6) is -0.347. The molecular formula is C11H14ClFN2. The van der Waals surface area contributed by atoms with Crippen LogP contribution in [0.4, 0.5) is 10.1 Å². The van der Waals surface area contributed by atoms with Crippen molar-refractivity contribution < 1.29 is 4.39 Å². The van der Waals surface area contributed by atoms with Gasteiger partial charge in [-0.05, 0) is 25.1 Å². The quantitative estimate of drug-likeness (QED) is 0.794. The minimum atomic E-state index is -0.347. The molecule has 0 unspecified atom stereocenters. The molecule has 1 aromatic rings. The Morgan fingerprint density at radius 1 is 1.53 bits per heavy atom. The molecule has 0 aromatic heterocycles. The maximum absolute atomic E-state index is 13.3. The molecule has 1 aliphatic heterocycles. The Morgan fingerprint density at radius 3 is 3.00 bits per heavy atom. The van der Waals surface area contributed by atoms with Crippen molar-refractivity contribution in [1.29, 1.82) is 0 Å². The number of benzene rings is 1. The summed E-state index contributed by atoms with van der Waals surface area (Å²) in [6, 6.07) is 5.37. The van der Waals surface area contributed by atoms with Gasteiger partial charge >= 0.3 is 0 Å². The van der Waals surface area contributed by atoms with Gasteiger partial charge < -0.3 is 10.2 Å². The molecule has 0 radical (unpaired) electrons. The maximum Gasteiger partial charge on any atom is 0.143 e. The minimum absolute atomic E-state index is 0.182. The van der Waals surface area contributed by atoms with E-state index in [1.807, 2.05) is 6.07 Å². The molecule has 4 heteroatoms. The molecule has 1 saturated heterocycles. The fraction of sp³-hybridized carbons (Fsp3) is 0.455. The number of anilines is 1. The van der Waals surface area contributed by atoms with Gasteiger partial charge in [0.05, 0.1) is 5.02 Å². The highest BCUT2D eigenvalue weighted by atomic mass is 35.5.